The molecule has 1 atom stereocenters. The van der Waals surface area contributed by atoms with E-state index >= 15 is 0 Å². The molecule has 0 aromatic rings. The second-order valence-corrected chi connectivity index (χ2v) is 7.42. The Bertz CT molecular complexity index is 286. The Morgan fingerprint density at radius 2 is 1.83 bits per heavy atom. The minimum Gasteiger partial charge on any atom is -0.460 e. The van der Waals surface area contributed by atoms with Crippen molar-refractivity contribution in [2.45, 2.75) is 71.9 Å². The van der Waals surface area contributed by atoms with Gasteiger partial charge in [0.2, 0.25) is 0 Å². The van der Waals surface area contributed by atoms with Crippen LogP contribution in [0.15, 0.2) is 0 Å². The molecule has 3 nitrogen and oxygen atoms in total. The SMILES string of the molecule is CC(C)(C)OC(=O)CC1CCCN(C(C)(C)C)C1. The van der Waals surface area contributed by atoms with Gasteiger partial charge in [0.1, 0.15) is 5.60 Å². The number of carbonyl (C=O) groups excluding carboxylic acids is 1. The minimum absolute atomic E-state index is 0.0525. The van der Waals surface area contributed by atoms with Crippen LogP contribution in [0.4, 0.5) is 0 Å². The molecule has 0 aliphatic carbocycles. The van der Waals surface area contributed by atoms with Gasteiger partial charge in [0, 0.05) is 18.5 Å². The molecule has 0 aromatic carbocycles. The van der Waals surface area contributed by atoms with Gasteiger partial charge in [0.25, 0.3) is 0 Å². The van der Waals surface area contributed by atoms with Crippen molar-refractivity contribution in [3.05, 3.63) is 0 Å². The van der Waals surface area contributed by atoms with Gasteiger partial charge in [-0.1, -0.05) is 0 Å². The number of likely N-dealkylation sites (tertiary alicyclic amines) is 1. The van der Waals surface area contributed by atoms with Crippen LogP contribution in [0.2, 0.25) is 0 Å². The molecular formula is C15H29NO2. The normalized spacial score (nSPS) is 22.9. The molecule has 0 aromatic heterocycles. The van der Waals surface area contributed by atoms with Crippen LogP contribution in [0, 0.1) is 5.92 Å². The first-order valence-electron chi connectivity index (χ1n) is 7.05. The van der Waals surface area contributed by atoms with Crippen LogP contribution in [0.5, 0.6) is 0 Å². The van der Waals surface area contributed by atoms with E-state index in [4.69, 9.17) is 4.74 Å². The number of nitrogens with zero attached hydrogens (tertiary/aromatic N) is 1. The van der Waals surface area contributed by atoms with Crippen molar-refractivity contribution in [1.82, 2.24) is 4.90 Å². The first kappa shape index (κ1) is 15.5. The van der Waals surface area contributed by atoms with Crippen molar-refractivity contribution in [3.63, 3.8) is 0 Å². The Balaban J connectivity index is 2.46. The lowest BCUT2D eigenvalue weighted by Crippen LogP contribution is -2.47. The highest BCUT2D eigenvalue weighted by Gasteiger charge is 2.29. The van der Waals surface area contributed by atoms with E-state index in [0.717, 1.165) is 19.5 Å². The van der Waals surface area contributed by atoms with Crippen molar-refractivity contribution in [3.8, 4) is 0 Å². The van der Waals surface area contributed by atoms with E-state index < -0.39 is 0 Å². The zero-order valence-electron chi connectivity index (χ0n) is 12.9. The van der Waals surface area contributed by atoms with Gasteiger partial charge in [0.15, 0.2) is 0 Å². The van der Waals surface area contributed by atoms with Crippen LogP contribution >= 0.6 is 0 Å². The summed E-state index contributed by atoms with van der Waals surface area (Å²) < 4.78 is 5.40. The number of hydrogen-bond acceptors (Lipinski definition) is 3. The number of piperidine rings is 1. The lowest BCUT2D eigenvalue weighted by Gasteiger charge is -2.41. The van der Waals surface area contributed by atoms with Crippen LogP contribution < -0.4 is 0 Å². The summed E-state index contributed by atoms with van der Waals surface area (Å²) in [4.78, 5) is 14.3. The van der Waals surface area contributed by atoms with Gasteiger partial charge in [-0.3, -0.25) is 9.69 Å². The molecule has 0 saturated carbocycles. The van der Waals surface area contributed by atoms with Gasteiger partial charge in [-0.15, -0.1) is 0 Å². The van der Waals surface area contributed by atoms with Crippen LogP contribution in [0.1, 0.15) is 60.8 Å². The number of esters is 1. The van der Waals surface area contributed by atoms with E-state index in [0.29, 0.717) is 12.3 Å². The van der Waals surface area contributed by atoms with Gasteiger partial charge >= 0.3 is 5.97 Å². The lowest BCUT2D eigenvalue weighted by molar-refractivity contribution is -0.156. The quantitative estimate of drug-likeness (QED) is 0.710. The van der Waals surface area contributed by atoms with Crippen molar-refractivity contribution >= 4 is 5.97 Å². The van der Waals surface area contributed by atoms with Gasteiger partial charge in [-0.25, -0.2) is 0 Å². The molecular weight excluding hydrogens is 226 g/mol. The minimum atomic E-state index is -0.366. The zero-order valence-corrected chi connectivity index (χ0v) is 12.9. The first-order chi connectivity index (χ1) is 8.08. The summed E-state index contributed by atoms with van der Waals surface area (Å²) in [6.45, 7) is 14.7. The first-order valence-corrected chi connectivity index (χ1v) is 7.05. The number of rotatable bonds is 2. The maximum atomic E-state index is 11.8. The maximum Gasteiger partial charge on any atom is 0.306 e. The van der Waals surface area contributed by atoms with Gasteiger partial charge in [-0.05, 0) is 66.8 Å². The second-order valence-electron chi connectivity index (χ2n) is 7.42. The third-order valence-electron chi connectivity index (χ3n) is 3.34. The summed E-state index contributed by atoms with van der Waals surface area (Å²) in [5.41, 5.74) is -0.165. The van der Waals surface area contributed by atoms with Crippen molar-refractivity contribution < 1.29 is 9.53 Å². The average molecular weight is 255 g/mol. The largest absolute Gasteiger partial charge is 0.460 e. The standard InChI is InChI=1S/C15H29NO2/c1-14(2,3)16-9-7-8-12(11-16)10-13(17)18-15(4,5)6/h12H,7-11H2,1-6H3. The van der Waals surface area contributed by atoms with Crippen molar-refractivity contribution in [1.29, 1.82) is 0 Å². The molecule has 0 amide bonds. The van der Waals surface area contributed by atoms with Crippen LogP contribution in [-0.4, -0.2) is 35.1 Å². The summed E-state index contributed by atoms with van der Waals surface area (Å²) in [7, 11) is 0. The smallest absolute Gasteiger partial charge is 0.306 e. The molecule has 1 heterocycles. The molecule has 1 unspecified atom stereocenters. The molecule has 1 aliphatic heterocycles. The zero-order chi connectivity index (χ0) is 14.0. The molecule has 1 aliphatic rings. The third kappa shape index (κ3) is 5.38. The summed E-state index contributed by atoms with van der Waals surface area (Å²) >= 11 is 0. The summed E-state index contributed by atoms with van der Waals surface area (Å²) in [6, 6.07) is 0. The topological polar surface area (TPSA) is 29.5 Å². The summed E-state index contributed by atoms with van der Waals surface area (Å²) in [6.07, 6.45) is 2.89. The fraction of sp³-hybridized carbons (Fsp3) is 0.933. The second kappa shape index (κ2) is 5.60. The lowest BCUT2D eigenvalue weighted by atomic mass is 9.91. The average Bonchev–Trinajstić information content (AvgIpc) is 2.13. The van der Waals surface area contributed by atoms with Crippen molar-refractivity contribution in [2.75, 3.05) is 13.1 Å². The predicted octanol–water partition coefficient (Wildman–Crippen LogP) is 3.23. The highest BCUT2D eigenvalue weighted by molar-refractivity contribution is 5.70. The molecule has 106 valence electrons. The van der Waals surface area contributed by atoms with Crippen LogP contribution in [0.25, 0.3) is 0 Å². The van der Waals surface area contributed by atoms with E-state index in [1.54, 1.807) is 0 Å². The highest BCUT2D eigenvalue weighted by Crippen LogP contribution is 2.26. The monoisotopic (exact) mass is 255 g/mol. The van der Waals surface area contributed by atoms with Gasteiger partial charge in [-0.2, -0.15) is 0 Å². The molecule has 0 N–H and O–H groups in total. The molecule has 18 heavy (non-hydrogen) atoms. The third-order valence-corrected chi connectivity index (χ3v) is 3.34. The molecule has 0 spiro atoms. The molecule has 1 saturated heterocycles. The van der Waals surface area contributed by atoms with Gasteiger partial charge in [0.05, 0.1) is 0 Å². The van der Waals surface area contributed by atoms with Crippen LogP contribution in [0.3, 0.4) is 0 Å². The van der Waals surface area contributed by atoms with Crippen LogP contribution in [-0.2, 0) is 9.53 Å². The summed E-state index contributed by atoms with van der Waals surface area (Å²) in [5, 5.41) is 0. The van der Waals surface area contributed by atoms with E-state index in [1.165, 1.54) is 6.42 Å². The van der Waals surface area contributed by atoms with Gasteiger partial charge < -0.3 is 4.74 Å². The molecule has 1 rings (SSSR count). The molecule has 0 bridgehead atoms. The Kier molecular flexibility index (Phi) is 4.82. The Labute approximate surface area is 112 Å². The van der Waals surface area contributed by atoms with E-state index in [9.17, 15) is 4.79 Å². The fourth-order valence-electron chi connectivity index (χ4n) is 2.46. The molecule has 0 radical (unpaired) electrons. The Morgan fingerprint density at radius 1 is 1.22 bits per heavy atom. The summed E-state index contributed by atoms with van der Waals surface area (Å²) in [5.74, 6) is 0.399. The maximum absolute atomic E-state index is 11.8. The number of hydrogen-bond donors (Lipinski definition) is 0. The number of ether oxygens (including phenoxy) is 1. The highest BCUT2D eigenvalue weighted by atomic mass is 16.6. The number of carbonyl (C=O) groups is 1. The van der Waals surface area contributed by atoms with E-state index in [1.807, 2.05) is 20.8 Å². The fourth-order valence-corrected chi connectivity index (χ4v) is 2.46. The Hall–Kier alpha value is -0.570. The van der Waals surface area contributed by atoms with E-state index in [-0.39, 0.29) is 17.1 Å². The predicted molar refractivity (Wildman–Crippen MR) is 74.5 cm³/mol. The molecule has 3 heteroatoms. The van der Waals surface area contributed by atoms with Crippen molar-refractivity contribution in [2.24, 2.45) is 5.92 Å². The Morgan fingerprint density at radius 3 is 2.33 bits per heavy atom. The molecule has 1 fully saturated rings. The van der Waals surface area contributed by atoms with E-state index in [2.05, 4.69) is 25.7 Å².